The number of Topliss-reactive ketones (excluding diaryl/α,β-unsaturated/α-hetero) is 1. The lowest BCUT2D eigenvalue weighted by Crippen LogP contribution is -2.14. The van der Waals surface area contributed by atoms with Crippen molar-refractivity contribution in [1.29, 1.82) is 0 Å². The van der Waals surface area contributed by atoms with Crippen molar-refractivity contribution in [1.82, 2.24) is 0 Å². The first-order valence-electron chi connectivity index (χ1n) is 6.69. The average molecular weight is 355 g/mol. The summed E-state index contributed by atoms with van der Waals surface area (Å²) in [5.41, 5.74) is 0.489. The lowest BCUT2D eigenvalue weighted by molar-refractivity contribution is 0.0968. The quantitative estimate of drug-likeness (QED) is 0.778. The van der Waals surface area contributed by atoms with Gasteiger partial charge >= 0.3 is 0 Å². The van der Waals surface area contributed by atoms with Crippen molar-refractivity contribution in [3.63, 3.8) is 0 Å². The van der Waals surface area contributed by atoms with Gasteiger partial charge in [-0.1, -0.05) is 23.2 Å². The molecule has 1 aliphatic rings. The molecular formula is C16H12Cl2O3S. The third-order valence-corrected chi connectivity index (χ3v) is 6.49. The molecule has 0 radical (unpaired) electrons. The number of hydrogen-bond donors (Lipinski definition) is 0. The Morgan fingerprint density at radius 1 is 0.909 bits per heavy atom. The van der Waals surface area contributed by atoms with E-state index in [9.17, 15) is 13.2 Å². The van der Waals surface area contributed by atoms with E-state index in [0.717, 1.165) is 0 Å². The Kier molecular flexibility index (Phi) is 4.02. The van der Waals surface area contributed by atoms with E-state index in [1.165, 1.54) is 24.3 Å². The SMILES string of the molecule is O=C(c1ccc(Cl)cc1)[C@@H]1C[C@H]1S(=O)(=O)c1ccc(Cl)cc1. The van der Waals surface area contributed by atoms with Crippen LogP contribution in [0.15, 0.2) is 53.4 Å². The zero-order chi connectivity index (χ0) is 15.9. The van der Waals surface area contributed by atoms with Crippen molar-refractivity contribution < 1.29 is 13.2 Å². The molecule has 0 amide bonds. The zero-order valence-corrected chi connectivity index (χ0v) is 13.7. The largest absolute Gasteiger partial charge is 0.294 e. The van der Waals surface area contributed by atoms with Crippen molar-refractivity contribution in [3.8, 4) is 0 Å². The highest BCUT2D eigenvalue weighted by Crippen LogP contribution is 2.42. The summed E-state index contributed by atoms with van der Waals surface area (Å²) in [6.45, 7) is 0. The Bertz CT molecular complexity index is 811. The second-order valence-corrected chi connectivity index (χ2v) is 8.29. The minimum Gasteiger partial charge on any atom is -0.294 e. The van der Waals surface area contributed by atoms with E-state index in [1.54, 1.807) is 24.3 Å². The molecule has 0 bridgehead atoms. The van der Waals surface area contributed by atoms with Gasteiger partial charge < -0.3 is 0 Å². The van der Waals surface area contributed by atoms with Gasteiger partial charge in [0.05, 0.1) is 10.1 Å². The van der Waals surface area contributed by atoms with Gasteiger partial charge in [0.2, 0.25) is 0 Å². The summed E-state index contributed by atoms with van der Waals surface area (Å²) in [6.07, 6.45) is 0.354. The molecule has 6 heteroatoms. The van der Waals surface area contributed by atoms with Gasteiger partial charge in [0, 0.05) is 21.5 Å². The van der Waals surface area contributed by atoms with Gasteiger partial charge in [0.1, 0.15) is 0 Å². The predicted octanol–water partition coefficient (Wildman–Crippen LogP) is 4.04. The highest BCUT2D eigenvalue weighted by Gasteiger charge is 2.52. The average Bonchev–Trinajstić information content (AvgIpc) is 3.29. The summed E-state index contributed by atoms with van der Waals surface area (Å²) < 4.78 is 25.0. The molecule has 0 aromatic heterocycles. The number of carbonyl (C=O) groups is 1. The number of rotatable bonds is 4. The second-order valence-electron chi connectivity index (χ2n) is 5.25. The Morgan fingerprint density at radius 2 is 1.41 bits per heavy atom. The molecule has 22 heavy (non-hydrogen) atoms. The van der Waals surface area contributed by atoms with Crippen LogP contribution in [0.2, 0.25) is 10.0 Å². The maximum absolute atomic E-state index is 12.5. The number of halogens is 2. The normalized spacial score (nSPS) is 20.6. The van der Waals surface area contributed by atoms with Gasteiger partial charge in [0.25, 0.3) is 0 Å². The molecule has 2 atom stereocenters. The first-order valence-corrected chi connectivity index (χ1v) is 8.99. The third kappa shape index (κ3) is 2.91. The molecule has 2 aromatic rings. The monoisotopic (exact) mass is 354 g/mol. The number of carbonyl (C=O) groups excluding carboxylic acids is 1. The van der Waals surface area contributed by atoms with Crippen molar-refractivity contribution >= 4 is 38.8 Å². The lowest BCUT2D eigenvalue weighted by atomic mass is 10.1. The van der Waals surface area contributed by atoms with Crippen LogP contribution in [0, 0.1) is 5.92 Å². The third-order valence-electron chi connectivity index (χ3n) is 3.74. The first kappa shape index (κ1) is 15.5. The van der Waals surface area contributed by atoms with Crippen LogP contribution < -0.4 is 0 Å². The zero-order valence-electron chi connectivity index (χ0n) is 11.4. The van der Waals surface area contributed by atoms with Crippen molar-refractivity contribution in [2.75, 3.05) is 0 Å². The Balaban J connectivity index is 1.80. The fourth-order valence-corrected chi connectivity index (χ4v) is 4.55. The lowest BCUT2D eigenvalue weighted by Gasteiger charge is -2.04. The molecule has 0 unspecified atom stereocenters. The van der Waals surface area contributed by atoms with Crippen LogP contribution >= 0.6 is 23.2 Å². The van der Waals surface area contributed by atoms with Gasteiger partial charge in [0.15, 0.2) is 15.6 Å². The van der Waals surface area contributed by atoms with Crippen LogP contribution in [0.3, 0.4) is 0 Å². The van der Waals surface area contributed by atoms with Crippen LogP contribution in [-0.4, -0.2) is 19.5 Å². The van der Waals surface area contributed by atoms with Gasteiger partial charge in [-0.15, -0.1) is 0 Å². The molecule has 114 valence electrons. The van der Waals surface area contributed by atoms with Crippen LogP contribution in [-0.2, 0) is 9.84 Å². The van der Waals surface area contributed by atoms with Crippen LogP contribution in [0.4, 0.5) is 0 Å². The Hall–Kier alpha value is -1.36. The maximum Gasteiger partial charge on any atom is 0.181 e. The summed E-state index contributed by atoms with van der Waals surface area (Å²) in [5.74, 6) is -0.638. The van der Waals surface area contributed by atoms with Crippen molar-refractivity contribution in [2.45, 2.75) is 16.6 Å². The van der Waals surface area contributed by atoms with Crippen molar-refractivity contribution in [2.24, 2.45) is 5.92 Å². The maximum atomic E-state index is 12.5. The molecule has 0 N–H and O–H groups in total. The summed E-state index contributed by atoms with van der Waals surface area (Å²) in [6, 6.07) is 12.5. The molecule has 0 spiro atoms. The summed E-state index contributed by atoms with van der Waals surface area (Å²) in [4.78, 5) is 12.5. The van der Waals surface area contributed by atoms with E-state index in [1.807, 2.05) is 0 Å². The Morgan fingerprint density at radius 3 is 1.95 bits per heavy atom. The number of sulfone groups is 1. The van der Waals surface area contributed by atoms with Crippen LogP contribution in [0.1, 0.15) is 16.8 Å². The minimum atomic E-state index is -3.50. The molecule has 1 fully saturated rings. The molecule has 2 aromatic carbocycles. The number of benzene rings is 2. The molecule has 0 heterocycles. The van der Waals surface area contributed by atoms with Crippen molar-refractivity contribution in [3.05, 3.63) is 64.1 Å². The van der Waals surface area contributed by atoms with E-state index in [-0.39, 0.29) is 10.7 Å². The number of hydrogen-bond acceptors (Lipinski definition) is 3. The summed E-state index contributed by atoms with van der Waals surface area (Å²) >= 11 is 11.6. The van der Waals surface area contributed by atoms with E-state index in [0.29, 0.717) is 22.0 Å². The summed E-state index contributed by atoms with van der Waals surface area (Å²) in [5, 5.41) is 0.359. The van der Waals surface area contributed by atoms with Gasteiger partial charge in [-0.25, -0.2) is 8.42 Å². The van der Waals surface area contributed by atoms with Gasteiger partial charge in [-0.3, -0.25) is 4.79 Å². The smallest absolute Gasteiger partial charge is 0.181 e. The molecule has 3 rings (SSSR count). The van der Waals surface area contributed by atoms with Crippen LogP contribution in [0.5, 0.6) is 0 Å². The highest BCUT2D eigenvalue weighted by atomic mass is 35.5. The molecular weight excluding hydrogens is 343 g/mol. The minimum absolute atomic E-state index is 0.154. The van der Waals surface area contributed by atoms with E-state index >= 15 is 0 Å². The second kappa shape index (κ2) is 5.69. The Labute approximate surface area is 138 Å². The number of ketones is 1. The molecule has 1 aliphatic carbocycles. The first-order chi connectivity index (χ1) is 10.4. The van der Waals surface area contributed by atoms with Crippen LogP contribution in [0.25, 0.3) is 0 Å². The standard InChI is InChI=1S/C16H12Cl2O3S/c17-11-3-1-10(2-4-11)16(19)14-9-15(14)22(20,21)13-7-5-12(18)6-8-13/h1-8,14-15H,9H2/t14-,15-/m1/s1. The molecule has 0 aliphatic heterocycles. The summed E-state index contributed by atoms with van der Waals surface area (Å²) in [7, 11) is -3.50. The van der Waals surface area contributed by atoms with Gasteiger partial charge in [-0.2, -0.15) is 0 Å². The van der Waals surface area contributed by atoms with Gasteiger partial charge in [-0.05, 0) is 55.0 Å². The van der Waals surface area contributed by atoms with E-state index in [4.69, 9.17) is 23.2 Å². The fraction of sp³-hybridized carbons (Fsp3) is 0.188. The van der Waals surface area contributed by atoms with E-state index in [2.05, 4.69) is 0 Å². The predicted molar refractivity (Wildman–Crippen MR) is 86.3 cm³/mol. The molecule has 3 nitrogen and oxygen atoms in total. The molecule has 0 saturated heterocycles. The van der Waals surface area contributed by atoms with E-state index < -0.39 is 21.0 Å². The highest BCUT2D eigenvalue weighted by molar-refractivity contribution is 7.92. The molecule has 1 saturated carbocycles. The fourth-order valence-electron chi connectivity index (χ4n) is 2.42. The topological polar surface area (TPSA) is 51.2 Å².